The number of rotatable bonds is 2. The van der Waals surface area contributed by atoms with E-state index in [-0.39, 0.29) is 0 Å². The average Bonchev–Trinajstić information content (AvgIpc) is 2.91. The molecule has 3 nitrogen and oxygen atoms in total. The Morgan fingerprint density at radius 3 is 2.88 bits per heavy atom. The lowest BCUT2D eigenvalue weighted by Gasteiger charge is -1.96. The van der Waals surface area contributed by atoms with Crippen LogP contribution in [0.15, 0.2) is 29.6 Å². The number of nitrogens with one attached hydrogen (secondary N) is 2. The van der Waals surface area contributed by atoms with Gasteiger partial charge in [0.15, 0.2) is 5.13 Å². The number of hydrogen-bond acceptors (Lipinski definition) is 3. The fourth-order valence-electron chi connectivity index (χ4n) is 2.11. The summed E-state index contributed by atoms with van der Waals surface area (Å²) >= 11 is 1.63. The van der Waals surface area contributed by atoms with Gasteiger partial charge in [0.25, 0.3) is 0 Å². The maximum absolute atomic E-state index is 4.57. The van der Waals surface area contributed by atoms with E-state index >= 15 is 0 Å². The molecule has 0 bridgehead atoms. The fraction of sp³-hybridized carbons (Fsp3) is 0.154. The second-order valence-corrected chi connectivity index (χ2v) is 4.82. The Hall–Kier alpha value is -1.81. The molecule has 0 saturated heterocycles. The lowest BCUT2D eigenvalue weighted by molar-refractivity contribution is 1.28. The summed E-state index contributed by atoms with van der Waals surface area (Å²) in [5.74, 6) is 0. The molecule has 2 N–H and O–H groups in total. The van der Waals surface area contributed by atoms with Gasteiger partial charge in [-0.1, -0.05) is 18.2 Å². The minimum absolute atomic E-state index is 0.949. The van der Waals surface area contributed by atoms with Crippen molar-refractivity contribution in [2.24, 2.45) is 0 Å². The first kappa shape index (κ1) is 10.4. The number of H-pyrrole nitrogens is 1. The van der Waals surface area contributed by atoms with E-state index in [0.717, 1.165) is 10.8 Å². The number of thiazole rings is 1. The van der Waals surface area contributed by atoms with Gasteiger partial charge < -0.3 is 10.3 Å². The van der Waals surface area contributed by atoms with Gasteiger partial charge in [-0.2, -0.15) is 0 Å². The number of aryl methyl sites for hydroxylation is 1. The number of hydrogen-bond donors (Lipinski definition) is 2. The number of anilines is 1. The van der Waals surface area contributed by atoms with E-state index < -0.39 is 0 Å². The molecule has 0 radical (unpaired) electrons. The van der Waals surface area contributed by atoms with Crippen LogP contribution in [0.2, 0.25) is 0 Å². The summed E-state index contributed by atoms with van der Waals surface area (Å²) in [6, 6.07) is 8.33. The Labute approximate surface area is 104 Å². The highest BCUT2D eigenvalue weighted by atomic mass is 32.1. The van der Waals surface area contributed by atoms with Crippen molar-refractivity contribution in [3.05, 3.63) is 35.3 Å². The predicted octanol–water partition coefficient (Wildman–Crippen LogP) is 3.64. The summed E-state index contributed by atoms with van der Waals surface area (Å²) in [5, 5.41) is 7.35. The molecule has 0 aliphatic heterocycles. The molecule has 0 saturated carbocycles. The molecule has 0 amide bonds. The van der Waals surface area contributed by atoms with Crippen molar-refractivity contribution in [2.45, 2.75) is 6.92 Å². The van der Waals surface area contributed by atoms with Crippen LogP contribution in [0, 0.1) is 6.92 Å². The van der Waals surface area contributed by atoms with Crippen LogP contribution in [0.5, 0.6) is 0 Å². The molecule has 0 atom stereocenters. The van der Waals surface area contributed by atoms with E-state index in [1.54, 1.807) is 11.3 Å². The minimum Gasteiger partial charge on any atom is -0.365 e. The molecule has 2 aromatic heterocycles. The van der Waals surface area contributed by atoms with Gasteiger partial charge in [0.1, 0.15) is 0 Å². The summed E-state index contributed by atoms with van der Waals surface area (Å²) in [5.41, 5.74) is 4.57. The number of para-hydroxylation sites is 1. The molecule has 1 aromatic carbocycles. The van der Waals surface area contributed by atoms with E-state index in [0.29, 0.717) is 0 Å². The van der Waals surface area contributed by atoms with Crippen LogP contribution in [0.3, 0.4) is 0 Å². The average molecular weight is 243 g/mol. The molecule has 0 spiro atoms. The van der Waals surface area contributed by atoms with E-state index in [2.05, 4.69) is 45.8 Å². The van der Waals surface area contributed by atoms with Crippen molar-refractivity contribution in [3.8, 4) is 11.3 Å². The lowest BCUT2D eigenvalue weighted by atomic mass is 10.1. The summed E-state index contributed by atoms with van der Waals surface area (Å²) in [7, 11) is 1.89. The maximum atomic E-state index is 4.57. The van der Waals surface area contributed by atoms with Crippen molar-refractivity contribution in [2.75, 3.05) is 12.4 Å². The summed E-state index contributed by atoms with van der Waals surface area (Å²) in [6.07, 6.45) is 0. The van der Waals surface area contributed by atoms with Crippen LogP contribution in [0.1, 0.15) is 5.69 Å². The van der Waals surface area contributed by atoms with Gasteiger partial charge in [0, 0.05) is 34.6 Å². The van der Waals surface area contributed by atoms with Gasteiger partial charge in [-0.05, 0) is 13.0 Å². The Bertz CT molecular complexity index is 666. The SMILES string of the molecule is CNc1nc(-c2c(C)[nH]c3ccccc23)cs1. The third kappa shape index (κ3) is 1.61. The molecule has 2 heterocycles. The Kier molecular flexibility index (Phi) is 2.37. The maximum Gasteiger partial charge on any atom is 0.182 e. The second kappa shape index (κ2) is 3.89. The standard InChI is InChI=1S/C13H13N3S/c1-8-12(11-7-17-13(14-2)16-11)9-5-3-4-6-10(9)15-8/h3-7,15H,1-2H3,(H,14,16). The number of fused-ring (bicyclic) bond motifs is 1. The Balaban J connectivity index is 2.25. The van der Waals surface area contributed by atoms with E-state index in [9.17, 15) is 0 Å². The molecule has 4 heteroatoms. The molecule has 17 heavy (non-hydrogen) atoms. The van der Waals surface area contributed by atoms with Crippen LogP contribution in [-0.4, -0.2) is 17.0 Å². The van der Waals surface area contributed by atoms with Gasteiger partial charge >= 0.3 is 0 Å². The summed E-state index contributed by atoms with van der Waals surface area (Å²) < 4.78 is 0. The Morgan fingerprint density at radius 2 is 2.12 bits per heavy atom. The Morgan fingerprint density at radius 1 is 1.29 bits per heavy atom. The monoisotopic (exact) mass is 243 g/mol. The lowest BCUT2D eigenvalue weighted by Crippen LogP contribution is -1.86. The van der Waals surface area contributed by atoms with Crippen LogP contribution >= 0.6 is 11.3 Å². The molecule has 3 rings (SSSR count). The van der Waals surface area contributed by atoms with E-state index in [4.69, 9.17) is 0 Å². The van der Waals surface area contributed by atoms with Crippen molar-refractivity contribution >= 4 is 27.4 Å². The van der Waals surface area contributed by atoms with Crippen LogP contribution < -0.4 is 5.32 Å². The third-order valence-corrected chi connectivity index (χ3v) is 3.73. The van der Waals surface area contributed by atoms with Gasteiger partial charge in [-0.3, -0.25) is 0 Å². The highest BCUT2D eigenvalue weighted by Crippen LogP contribution is 2.33. The number of aromatic nitrogens is 2. The normalized spacial score (nSPS) is 10.9. The molecule has 0 fully saturated rings. The van der Waals surface area contributed by atoms with E-state index in [1.807, 2.05) is 13.1 Å². The zero-order valence-corrected chi connectivity index (χ0v) is 10.6. The van der Waals surface area contributed by atoms with Crippen LogP contribution in [-0.2, 0) is 0 Å². The predicted molar refractivity (Wildman–Crippen MR) is 73.7 cm³/mol. The summed E-state index contributed by atoms with van der Waals surface area (Å²) in [4.78, 5) is 7.97. The molecule has 0 aliphatic rings. The van der Waals surface area contributed by atoms with Crippen molar-refractivity contribution in [3.63, 3.8) is 0 Å². The smallest absolute Gasteiger partial charge is 0.182 e. The highest BCUT2D eigenvalue weighted by Gasteiger charge is 2.12. The van der Waals surface area contributed by atoms with Crippen molar-refractivity contribution in [1.29, 1.82) is 0 Å². The molecule has 0 aliphatic carbocycles. The fourth-order valence-corrected chi connectivity index (χ4v) is 2.77. The van der Waals surface area contributed by atoms with Gasteiger partial charge in [0.2, 0.25) is 0 Å². The quantitative estimate of drug-likeness (QED) is 0.721. The second-order valence-electron chi connectivity index (χ2n) is 3.96. The highest BCUT2D eigenvalue weighted by molar-refractivity contribution is 7.14. The molecule has 3 aromatic rings. The van der Waals surface area contributed by atoms with E-state index in [1.165, 1.54) is 22.2 Å². The molecule has 0 unspecified atom stereocenters. The van der Waals surface area contributed by atoms with Crippen molar-refractivity contribution in [1.82, 2.24) is 9.97 Å². The first-order chi connectivity index (χ1) is 8.29. The minimum atomic E-state index is 0.949. The third-order valence-electron chi connectivity index (χ3n) is 2.87. The molecular weight excluding hydrogens is 230 g/mol. The largest absolute Gasteiger partial charge is 0.365 e. The number of benzene rings is 1. The zero-order valence-electron chi connectivity index (χ0n) is 9.74. The summed E-state index contributed by atoms with van der Waals surface area (Å²) in [6.45, 7) is 2.09. The number of aromatic amines is 1. The molecule has 86 valence electrons. The van der Waals surface area contributed by atoms with Gasteiger partial charge in [-0.15, -0.1) is 11.3 Å². The van der Waals surface area contributed by atoms with Crippen molar-refractivity contribution < 1.29 is 0 Å². The van der Waals surface area contributed by atoms with Crippen LogP contribution in [0.4, 0.5) is 5.13 Å². The van der Waals surface area contributed by atoms with Gasteiger partial charge in [-0.25, -0.2) is 4.98 Å². The first-order valence-corrected chi connectivity index (χ1v) is 6.38. The molecular formula is C13H13N3S. The van der Waals surface area contributed by atoms with Crippen LogP contribution in [0.25, 0.3) is 22.2 Å². The topological polar surface area (TPSA) is 40.7 Å². The zero-order chi connectivity index (χ0) is 11.8. The first-order valence-electron chi connectivity index (χ1n) is 5.50. The number of nitrogens with zero attached hydrogens (tertiary/aromatic N) is 1. The van der Waals surface area contributed by atoms with Gasteiger partial charge in [0.05, 0.1) is 5.69 Å².